The first-order chi connectivity index (χ1) is 10.8. The Kier molecular flexibility index (Phi) is 6.56. The van der Waals surface area contributed by atoms with Crippen molar-refractivity contribution in [3.63, 3.8) is 0 Å². The fourth-order valence-corrected chi connectivity index (χ4v) is 1.96. The maximum absolute atomic E-state index is 11.7. The lowest BCUT2D eigenvalue weighted by atomic mass is 10.1. The van der Waals surface area contributed by atoms with E-state index in [2.05, 4.69) is 9.50 Å². The van der Waals surface area contributed by atoms with Crippen LogP contribution in [0.3, 0.4) is 0 Å². The largest absolute Gasteiger partial charge is 0.504 e. The number of hydrogen-bond donors (Lipinski definition) is 3. The lowest BCUT2D eigenvalue weighted by Crippen LogP contribution is -2.25. The van der Waals surface area contributed by atoms with E-state index in [4.69, 9.17) is 5.26 Å². The summed E-state index contributed by atoms with van der Waals surface area (Å²) >= 11 is 0. The van der Waals surface area contributed by atoms with Crippen molar-refractivity contribution in [2.75, 3.05) is 13.6 Å². The Balaban J connectivity index is 3.02. The number of carbonyl (C=O) groups excluding carboxylic acids is 1. The maximum atomic E-state index is 11.7. The summed E-state index contributed by atoms with van der Waals surface area (Å²) < 4.78 is 29.1. The van der Waals surface area contributed by atoms with E-state index >= 15 is 0 Å². The summed E-state index contributed by atoms with van der Waals surface area (Å²) in [5.74, 6) is -1.23. The quantitative estimate of drug-likeness (QED) is 0.495. The third-order valence-electron chi connectivity index (χ3n) is 2.64. The number of rotatable bonds is 7. The van der Waals surface area contributed by atoms with Crippen LogP contribution in [0.15, 0.2) is 23.8 Å². The second-order valence-corrected chi connectivity index (χ2v) is 5.88. The molecule has 0 fully saturated rings. The van der Waals surface area contributed by atoms with Crippen LogP contribution < -0.4 is 14.2 Å². The number of amides is 1. The molecule has 0 aliphatic rings. The number of phenolic OH excluding ortho intramolecular Hbond substituents is 1. The summed E-state index contributed by atoms with van der Waals surface area (Å²) in [5.41, 5.74) is 0.217. The van der Waals surface area contributed by atoms with E-state index in [1.807, 2.05) is 11.6 Å². The van der Waals surface area contributed by atoms with Crippen molar-refractivity contribution in [2.45, 2.75) is 13.3 Å². The van der Waals surface area contributed by atoms with Gasteiger partial charge in [-0.2, -0.15) is 18.4 Å². The Bertz CT molecular complexity index is 750. The summed E-state index contributed by atoms with van der Waals surface area (Å²) in [7, 11) is -2.84. The molecule has 0 heterocycles. The van der Waals surface area contributed by atoms with Crippen LogP contribution in [0.1, 0.15) is 18.9 Å². The molecular formula is C14H17N3O5S. The van der Waals surface area contributed by atoms with E-state index in [0.717, 1.165) is 13.5 Å². The van der Waals surface area contributed by atoms with Crippen molar-refractivity contribution in [3.05, 3.63) is 29.3 Å². The number of hydrogen-bond acceptors (Lipinski definition) is 6. The molecule has 0 saturated heterocycles. The third-order valence-corrected chi connectivity index (χ3v) is 3.54. The van der Waals surface area contributed by atoms with E-state index in [1.54, 1.807) is 6.07 Å². The van der Waals surface area contributed by atoms with E-state index in [-0.39, 0.29) is 11.3 Å². The molecule has 0 bridgehead atoms. The zero-order valence-electron chi connectivity index (χ0n) is 12.7. The minimum atomic E-state index is -4.00. The van der Waals surface area contributed by atoms with Crippen molar-refractivity contribution in [1.29, 1.82) is 5.26 Å². The predicted molar refractivity (Wildman–Crippen MR) is 83.6 cm³/mol. The van der Waals surface area contributed by atoms with Crippen LogP contribution in [0.5, 0.6) is 11.5 Å². The molecular weight excluding hydrogens is 322 g/mol. The first kappa shape index (κ1) is 18.5. The monoisotopic (exact) mass is 339 g/mol. The highest BCUT2D eigenvalue weighted by atomic mass is 32.2. The van der Waals surface area contributed by atoms with Gasteiger partial charge in [-0.3, -0.25) is 4.79 Å². The van der Waals surface area contributed by atoms with Crippen LogP contribution in [0.2, 0.25) is 0 Å². The third kappa shape index (κ3) is 5.61. The summed E-state index contributed by atoms with van der Waals surface area (Å²) in [6.07, 6.45) is 2.01. The fourth-order valence-electron chi connectivity index (χ4n) is 1.50. The molecule has 124 valence electrons. The maximum Gasteiger partial charge on any atom is 0.382 e. The second kappa shape index (κ2) is 8.17. The minimum absolute atomic E-state index is 0.130. The SMILES string of the molecule is CCCNC(=O)/C(C#N)=C/c1ccc(OS(=O)(=O)NC)c(O)c1. The number of benzene rings is 1. The van der Waals surface area contributed by atoms with Crippen LogP contribution in [0.4, 0.5) is 0 Å². The molecule has 0 aliphatic heterocycles. The molecule has 1 amide bonds. The molecule has 0 radical (unpaired) electrons. The number of aromatic hydroxyl groups is 1. The highest BCUT2D eigenvalue weighted by Crippen LogP contribution is 2.28. The lowest BCUT2D eigenvalue weighted by molar-refractivity contribution is -0.117. The smallest absolute Gasteiger partial charge is 0.382 e. The van der Waals surface area contributed by atoms with Gasteiger partial charge in [0.15, 0.2) is 11.5 Å². The summed E-state index contributed by atoms with van der Waals surface area (Å²) in [5, 5.41) is 21.4. The lowest BCUT2D eigenvalue weighted by Gasteiger charge is -2.08. The minimum Gasteiger partial charge on any atom is -0.504 e. The Labute approximate surface area is 134 Å². The molecule has 1 aromatic rings. The second-order valence-electron chi connectivity index (χ2n) is 4.39. The van der Waals surface area contributed by atoms with Gasteiger partial charge in [0.2, 0.25) is 0 Å². The fraction of sp³-hybridized carbons (Fsp3) is 0.286. The van der Waals surface area contributed by atoms with Gasteiger partial charge in [0.1, 0.15) is 11.6 Å². The molecule has 1 rings (SSSR count). The van der Waals surface area contributed by atoms with E-state index in [1.165, 1.54) is 24.3 Å². The van der Waals surface area contributed by atoms with Crippen molar-refractivity contribution in [2.24, 2.45) is 0 Å². The van der Waals surface area contributed by atoms with E-state index < -0.39 is 22.0 Å². The van der Waals surface area contributed by atoms with Gasteiger partial charge >= 0.3 is 10.3 Å². The summed E-state index contributed by atoms with van der Waals surface area (Å²) in [4.78, 5) is 11.7. The van der Waals surface area contributed by atoms with Crippen LogP contribution in [0, 0.1) is 11.3 Å². The number of phenols is 1. The van der Waals surface area contributed by atoms with Gasteiger partial charge in [-0.05, 0) is 30.2 Å². The van der Waals surface area contributed by atoms with Gasteiger partial charge in [-0.1, -0.05) is 13.0 Å². The number of nitrogens with zero attached hydrogens (tertiary/aromatic N) is 1. The van der Waals surface area contributed by atoms with E-state index in [9.17, 15) is 18.3 Å². The van der Waals surface area contributed by atoms with Crippen molar-refractivity contribution in [3.8, 4) is 17.6 Å². The molecule has 0 unspecified atom stereocenters. The van der Waals surface area contributed by atoms with Gasteiger partial charge in [0.25, 0.3) is 5.91 Å². The average Bonchev–Trinajstić information content (AvgIpc) is 2.52. The molecule has 3 N–H and O–H groups in total. The first-order valence-corrected chi connectivity index (χ1v) is 8.09. The van der Waals surface area contributed by atoms with Crippen molar-refractivity contribution < 1.29 is 22.5 Å². The molecule has 23 heavy (non-hydrogen) atoms. The standard InChI is InChI=1S/C14H17N3O5S/c1-3-6-17-14(19)11(9-15)7-10-4-5-13(12(18)8-10)22-23(20,21)16-2/h4-5,7-8,16,18H,3,6H2,1-2H3,(H,17,19)/b11-7+. The average molecular weight is 339 g/mol. The Morgan fingerprint density at radius 1 is 1.48 bits per heavy atom. The molecule has 0 saturated carbocycles. The van der Waals surface area contributed by atoms with Gasteiger partial charge in [0, 0.05) is 13.6 Å². The molecule has 0 aromatic heterocycles. The highest BCUT2D eigenvalue weighted by Gasteiger charge is 2.14. The first-order valence-electron chi connectivity index (χ1n) is 6.69. The zero-order valence-corrected chi connectivity index (χ0v) is 13.5. The Morgan fingerprint density at radius 2 is 2.17 bits per heavy atom. The molecule has 0 aliphatic carbocycles. The number of nitrogens with one attached hydrogen (secondary N) is 2. The van der Waals surface area contributed by atoms with Crippen LogP contribution in [0.25, 0.3) is 6.08 Å². The van der Waals surface area contributed by atoms with Crippen molar-refractivity contribution >= 4 is 22.3 Å². The molecule has 8 nitrogen and oxygen atoms in total. The normalized spacial score (nSPS) is 11.6. The van der Waals surface area contributed by atoms with Crippen molar-refractivity contribution in [1.82, 2.24) is 10.0 Å². The van der Waals surface area contributed by atoms with Crippen LogP contribution in [-0.4, -0.2) is 33.0 Å². The summed E-state index contributed by atoms with van der Waals surface area (Å²) in [6, 6.07) is 5.58. The zero-order chi connectivity index (χ0) is 17.5. The molecule has 9 heteroatoms. The topological polar surface area (TPSA) is 129 Å². The predicted octanol–water partition coefficient (Wildman–Crippen LogP) is 0.668. The van der Waals surface area contributed by atoms with Crippen LogP contribution >= 0.6 is 0 Å². The Morgan fingerprint density at radius 3 is 2.70 bits per heavy atom. The number of nitriles is 1. The van der Waals surface area contributed by atoms with Crippen LogP contribution in [-0.2, 0) is 15.1 Å². The molecule has 0 atom stereocenters. The summed E-state index contributed by atoms with van der Waals surface area (Å²) in [6.45, 7) is 2.32. The van der Waals surface area contributed by atoms with Gasteiger partial charge < -0.3 is 14.6 Å². The van der Waals surface area contributed by atoms with Gasteiger partial charge in [-0.25, -0.2) is 0 Å². The molecule has 0 spiro atoms. The number of carbonyl (C=O) groups is 1. The highest BCUT2D eigenvalue weighted by molar-refractivity contribution is 7.85. The Hall–Kier alpha value is -2.57. The van der Waals surface area contributed by atoms with Gasteiger partial charge in [0.05, 0.1) is 0 Å². The molecule has 1 aromatic carbocycles. The van der Waals surface area contributed by atoms with Gasteiger partial charge in [-0.15, -0.1) is 0 Å². The van der Waals surface area contributed by atoms with E-state index in [0.29, 0.717) is 12.1 Å².